The Hall–Kier alpha value is -3.89. The van der Waals surface area contributed by atoms with E-state index in [-0.39, 0.29) is 30.2 Å². The van der Waals surface area contributed by atoms with Crippen molar-refractivity contribution in [3.8, 4) is 0 Å². The van der Waals surface area contributed by atoms with Gasteiger partial charge in [0.25, 0.3) is 5.69 Å². The number of nitrogens with one attached hydrogen (secondary N) is 1. The summed E-state index contributed by atoms with van der Waals surface area (Å²) in [6, 6.07) is 9.77. The molecule has 0 unspecified atom stereocenters. The summed E-state index contributed by atoms with van der Waals surface area (Å²) >= 11 is 0. The molecule has 0 bridgehead atoms. The molecule has 1 N–H and O–H groups in total. The lowest BCUT2D eigenvalue weighted by atomic mass is 10.0. The predicted octanol–water partition coefficient (Wildman–Crippen LogP) is 4.05. The summed E-state index contributed by atoms with van der Waals surface area (Å²) in [6.07, 6.45) is -1.91. The molecule has 1 aromatic heterocycles. The third-order valence-electron chi connectivity index (χ3n) is 5.81. The molecule has 2 aromatic carbocycles. The number of hydrogen-bond donors (Lipinski definition) is 1. The molecule has 1 atom stereocenters. The van der Waals surface area contributed by atoms with Gasteiger partial charge in [0.2, 0.25) is 11.8 Å². The molecule has 1 aliphatic heterocycles. The van der Waals surface area contributed by atoms with Crippen LogP contribution in [0.4, 0.5) is 18.9 Å². The first-order chi connectivity index (χ1) is 16.1. The predicted molar refractivity (Wildman–Crippen MR) is 117 cm³/mol. The van der Waals surface area contributed by atoms with E-state index in [9.17, 15) is 32.9 Å². The van der Waals surface area contributed by atoms with E-state index in [1.807, 2.05) is 0 Å². The van der Waals surface area contributed by atoms with Gasteiger partial charge in [-0.2, -0.15) is 13.2 Å². The quantitative estimate of drug-likeness (QED) is 0.413. The Labute approximate surface area is 192 Å². The van der Waals surface area contributed by atoms with E-state index in [1.165, 1.54) is 35.2 Å². The molecule has 1 fully saturated rings. The number of nitro groups is 1. The van der Waals surface area contributed by atoms with Crippen molar-refractivity contribution in [2.75, 3.05) is 13.1 Å². The summed E-state index contributed by atoms with van der Waals surface area (Å²) in [5.41, 5.74) is -0.0634. The average Bonchev–Trinajstić information content (AvgIpc) is 3.38. The number of halogens is 3. The number of carbonyl (C=O) groups is 2. The SMILES string of the molecule is O=C(Cn1ccc2cc([N+](=O)[O-])ccc21)N[C@@H](CN1CCCC1=O)c1cccc(C(F)(F)F)c1. The Morgan fingerprint density at radius 2 is 1.97 bits per heavy atom. The highest BCUT2D eigenvalue weighted by molar-refractivity contribution is 5.85. The second-order valence-corrected chi connectivity index (χ2v) is 8.13. The zero-order valence-corrected chi connectivity index (χ0v) is 17.9. The van der Waals surface area contributed by atoms with Crippen LogP contribution in [0.25, 0.3) is 10.9 Å². The average molecular weight is 474 g/mol. The monoisotopic (exact) mass is 474 g/mol. The maximum Gasteiger partial charge on any atom is 0.416 e. The molecule has 2 heterocycles. The van der Waals surface area contributed by atoms with Crippen LogP contribution in [0.2, 0.25) is 0 Å². The Bertz CT molecular complexity index is 1250. The van der Waals surface area contributed by atoms with Crippen molar-refractivity contribution in [1.29, 1.82) is 0 Å². The first kappa shape index (κ1) is 23.3. The van der Waals surface area contributed by atoms with Crippen molar-refractivity contribution in [3.63, 3.8) is 0 Å². The van der Waals surface area contributed by atoms with Crippen molar-refractivity contribution in [2.24, 2.45) is 0 Å². The number of alkyl halides is 3. The minimum Gasteiger partial charge on any atom is -0.346 e. The number of nitro benzene ring substituents is 1. The molecular weight excluding hydrogens is 453 g/mol. The van der Waals surface area contributed by atoms with Crippen LogP contribution in [0.5, 0.6) is 0 Å². The minimum atomic E-state index is -4.54. The second-order valence-electron chi connectivity index (χ2n) is 8.13. The number of likely N-dealkylation sites (tertiary alicyclic amines) is 1. The Morgan fingerprint density at radius 1 is 1.18 bits per heavy atom. The first-order valence-corrected chi connectivity index (χ1v) is 10.6. The van der Waals surface area contributed by atoms with Gasteiger partial charge in [0.05, 0.1) is 16.5 Å². The summed E-state index contributed by atoms with van der Waals surface area (Å²) in [5.74, 6) is -0.575. The summed E-state index contributed by atoms with van der Waals surface area (Å²) in [5, 5.41) is 14.3. The van der Waals surface area contributed by atoms with Gasteiger partial charge in [0, 0.05) is 48.7 Å². The van der Waals surface area contributed by atoms with Crippen molar-refractivity contribution >= 4 is 28.4 Å². The van der Waals surface area contributed by atoms with Gasteiger partial charge in [-0.3, -0.25) is 19.7 Å². The first-order valence-electron chi connectivity index (χ1n) is 10.6. The van der Waals surface area contributed by atoms with Gasteiger partial charge in [-0.25, -0.2) is 0 Å². The summed E-state index contributed by atoms with van der Waals surface area (Å²) < 4.78 is 41.3. The van der Waals surface area contributed by atoms with Crippen LogP contribution in [0.15, 0.2) is 54.7 Å². The summed E-state index contributed by atoms with van der Waals surface area (Å²) in [6.45, 7) is 0.389. The minimum absolute atomic E-state index is 0.0600. The highest BCUT2D eigenvalue weighted by Crippen LogP contribution is 2.31. The highest BCUT2D eigenvalue weighted by Gasteiger charge is 2.32. The fraction of sp³-hybridized carbons (Fsp3) is 0.304. The lowest BCUT2D eigenvalue weighted by Gasteiger charge is -2.26. The maximum absolute atomic E-state index is 13.2. The van der Waals surface area contributed by atoms with Crippen LogP contribution in [-0.4, -0.2) is 39.3 Å². The van der Waals surface area contributed by atoms with E-state index in [1.54, 1.807) is 16.8 Å². The zero-order valence-electron chi connectivity index (χ0n) is 17.9. The normalized spacial score (nSPS) is 15.0. The van der Waals surface area contributed by atoms with E-state index in [0.717, 1.165) is 12.1 Å². The number of amides is 2. The van der Waals surface area contributed by atoms with Crippen LogP contribution in [-0.2, 0) is 22.3 Å². The molecule has 0 aliphatic carbocycles. The molecule has 0 saturated carbocycles. The molecule has 1 saturated heterocycles. The van der Waals surface area contributed by atoms with Crippen LogP contribution >= 0.6 is 0 Å². The van der Waals surface area contributed by atoms with Crippen molar-refractivity contribution in [1.82, 2.24) is 14.8 Å². The molecule has 34 heavy (non-hydrogen) atoms. The molecule has 11 heteroatoms. The van der Waals surface area contributed by atoms with Gasteiger partial charge >= 0.3 is 6.18 Å². The van der Waals surface area contributed by atoms with E-state index < -0.39 is 28.6 Å². The number of non-ortho nitro benzene ring substituents is 1. The van der Waals surface area contributed by atoms with Crippen molar-refractivity contribution in [3.05, 3.63) is 76.0 Å². The molecule has 1 aliphatic rings. The van der Waals surface area contributed by atoms with Gasteiger partial charge in [-0.15, -0.1) is 0 Å². The Balaban J connectivity index is 1.56. The molecule has 4 rings (SSSR count). The fourth-order valence-corrected chi connectivity index (χ4v) is 4.12. The third kappa shape index (κ3) is 5.03. The topological polar surface area (TPSA) is 97.5 Å². The lowest BCUT2D eigenvalue weighted by Crippen LogP contribution is -2.39. The number of fused-ring (bicyclic) bond motifs is 1. The van der Waals surface area contributed by atoms with E-state index in [0.29, 0.717) is 30.3 Å². The number of rotatable bonds is 7. The van der Waals surface area contributed by atoms with Crippen LogP contribution in [0.3, 0.4) is 0 Å². The largest absolute Gasteiger partial charge is 0.416 e. The van der Waals surface area contributed by atoms with E-state index in [2.05, 4.69) is 5.32 Å². The van der Waals surface area contributed by atoms with Gasteiger partial charge < -0.3 is 14.8 Å². The molecular formula is C23H21F3N4O4. The van der Waals surface area contributed by atoms with E-state index >= 15 is 0 Å². The number of carbonyl (C=O) groups excluding carboxylic acids is 2. The number of hydrogen-bond acceptors (Lipinski definition) is 4. The lowest BCUT2D eigenvalue weighted by molar-refractivity contribution is -0.384. The van der Waals surface area contributed by atoms with Gasteiger partial charge in [-0.05, 0) is 36.2 Å². The molecule has 8 nitrogen and oxygen atoms in total. The molecule has 2 amide bonds. The maximum atomic E-state index is 13.2. The zero-order chi connectivity index (χ0) is 24.5. The van der Waals surface area contributed by atoms with Gasteiger partial charge in [0.15, 0.2) is 0 Å². The fourth-order valence-electron chi connectivity index (χ4n) is 4.12. The van der Waals surface area contributed by atoms with Gasteiger partial charge in [-0.1, -0.05) is 12.1 Å². The summed E-state index contributed by atoms with van der Waals surface area (Å²) in [4.78, 5) is 37.0. The second kappa shape index (κ2) is 9.16. The van der Waals surface area contributed by atoms with Gasteiger partial charge in [0.1, 0.15) is 6.54 Å². The molecule has 0 spiro atoms. The van der Waals surface area contributed by atoms with Crippen LogP contribution in [0.1, 0.15) is 30.0 Å². The van der Waals surface area contributed by atoms with E-state index in [4.69, 9.17) is 0 Å². The standard InChI is InChI=1S/C23H21F3N4O4/c24-23(25,26)17-4-1-3-15(11-17)19(13-29-9-2-5-22(29)32)27-21(31)14-28-10-8-16-12-18(30(33)34)6-7-20(16)28/h1,3-4,6-8,10-12,19H,2,5,9,13-14H2,(H,27,31)/t19-/m0/s1. The molecule has 178 valence electrons. The van der Waals surface area contributed by atoms with Crippen LogP contribution in [0, 0.1) is 10.1 Å². The summed E-state index contributed by atoms with van der Waals surface area (Å²) in [7, 11) is 0. The highest BCUT2D eigenvalue weighted by atomic mass is 19.4. The third-order valence-corrected chi connectivity index (χ3v) is 5.81. The molecule has 0 radical (unpaired) electrons. The molecule has 3 aromatic rings. The number of nitrogens with zero attached hydrogens (tertiary/aromatic N) is 3. The van der Waals surface area contributed by atoms with Crippen molar-refractivity contribution in [2.45, 2.75) is 31.6 Å². The Morgan fingerprint density at radius 3 is 2.65 bits per heavy atom. The van der Waals surface area contributed by atoms with Crippen LogP contribution < -0.4 is 5.32 Å². The van der Waals surface area contributed by atoms with Crippen molar-refractivity contribution < 1.29 is 27.7 Å². The number of benzene rings is 2. The Kier molecular flexibility index (Phi) is 6.27. The smallest absolute Gasteiger partial charge is 0.346 e. The number of aromatic nitrogens is 1.